The molecule has 0 aliphatic heterocycles. The predicted octanol–water partition coefficient (Wildman–Crippen LogP) is 10.8. The summed E-state index contributed by atoms with van der Waals surface area (Å²) in [6.07, 6.45) is 0. The van der Waals surface area contributed by atoms with Gasteiger partial charge in [0.15, 0.2) is 0 Å². The third-order valence-electron chi connectivity index (χ3n) is 9.07. The number of nitrogens with zero attached hydrogens (tertiary/aromatic N) is 3. The van der Waals surface area contributed by atoms with Crippen LogP contribution in [0.15, 0.2) is 70.7 Å². The first-order valence-corrected chi connectivity index (χ1v) is 19.7. The normalized spacial score (nSPS) is 15.5. The van der Waals surface area contributed by atoms with Crippen LogP contribution in [0.5, 0.6) is 17.2 Å². The summed E-state index contributed by atoms with van der Waals surface area (Å²) in [5, 5.41) is 9.19. The molecule has 6 aromatic rings. The van der Waals surface area contributed by atoms with Crippen molar-refractivity contribution in [3.8, 4) is 17.2 Å². The summed E-state index contributed by atoms with van der Waals surface area (Å²) in [6.45, 7) is 6.46. The molecule has 248 valence electrons. The predicted molar refractivity (Wildman–Crippen MR) is 201 cm³/mol. The smallest absolute Gasteiger partial charge is 0.385 e. The van der Waals surface area contributed by atoms with Gasteiger partial charge in [0.1, 0.15) is 17.2 Å². The zero-order valence-electron chi connectivity index (χ0n) is 28.3. The number of phosphoric acid groups is 1. The largest absolute Gasteiger partial charge is 0.647 e. The molecule has 3 heterocycles. The Hall–Kier alpha value is -2.95. The Labute approximate surface area is 289 Å². The molecule has 11 heteroatoms. The first-order chi connectivity index (χ1) is 22.4. The summed E-state index contributed by atoms with van der Waals surface area (Å²) in [5.41, 5.74) is 3.30. The second-order valence-electron chi connectivity index (χ2n) is 12.6. The number of hydrogen-bond acceptors (Lipinski definition) is 10. The molecular formula is C36H42N3O4PS3. The molecule has 0 amide bonds. The lowest BCUT2D eigenvalue weighted by molar-refractivity contribution is 0.299. The average Bonchev–Trinajstić information content (AvgIpc) is 3.78. The van der Waals surface area contributed by atoms with Crippen molar-refractivity contribution >= 4 is 72.1 Å². The van der Waals surface area contributed by atoms with Crippen LogP contribution in [0.3, 0.4) is 0 Å². The van der Waals surface area contributed by atoms with E-state index >= 15 is 4.57 Å². The van der Waals surface area contributed by atoms with E-state index in [0.717, 1.165) is 46.9 Å². The van der Waals surface area contributed by atoms with E-state index in [1.807, 2.05) is 36.4 Å². The van der Waals surface area contributed by atoms with Gasteiger partial charge in [0, 0.05) is 48.4 Å². The minimum atomic E-state index is -4.37. The van der Waals surface area contributed by atoms with Crippen molar-refractivity contribution in [2.24, 2.45) is 0 Å². The molecule has 3 atom stereocenters. The lowest BCUT2D eigenvalue weighted by Gasteiger charge is -2.24. The summed E-state index contributed by atoms with van der Waals surface area (Å²) in [5.74, 6) is 1.40. The fourth-order valence-electron chi connectivity index (χ4n) is 5.64. The van der Waals surface area contributed by atoms with E-state index in [0.29, 0.717) is 17.2 Å². The lowest BCUT2D eigenvalue weighted by Crippen LogP contribution is -2.17. The van der Waals surface area contributed by atoms with Crippen LogP contribution in [0.1, 0.15) is 55.6 Å². The summed E-state index contributed by atoms with van der Waals surface area (Å²) >= 11 is 4.93. The van der Waals surface area contributed by atoms with Crippen LogP contribution in [-0.2, 0) is 4.57 Å². The molecule has 0 fully saturated rings. The van der Waals surface area contributed by atoms with Crippen LogP contribution >= 0.6 is 41.8 Å². The Morgan fingerprint density at radius 2 is 0.787 bits per heavy atom. The fourth-order valence-corrected chi connectivity index (χ4v) is 10.1. The maximum absolute atomic E-state index is 15.4. The summed E-state index contributed by atoms with van der Waals surface area (Å²) in [4.78, 5) is 6.46. The number of thiophene rings is 3. The van der Waals surface area contributed by atoms with Crippen LogP contribution in [0.2, 0.25) is 0 Å². The molecule has 0 saturated carbocycles. The molecule has 0 aliphatic carbocycles. The quantitative estimate of drug-likeness (QED) is 0.117. The van der Waals surface area contributed by atoms with Gasteiger partial charge >= 0.3 is 7.82 Å². The SMILES string of the molecule is CC(c1csc2cccc(OP(=O)(Oc3cccc4scc(C(C)N(C)C)c34)Oc3cccc4scc(C(C)N(C)C)c34)c12)N(C)C. The van der Waals surface area contributed by atoms with Gasteiger partial charge in [-0.1, -0.05) is 18.2 Å². The summed E-state index contributed by atoms with van der Waals surface area (Å²) < 4.78 is 38.3. The molecule has 7 nitrogen and oxygen atoms in total. The number of phosphoric ester groups is 1. The Morgan fingerprint density at radius 1 is 0.511 bits per heavy atom. The van der Waals surface area contributed by atoms with Crippen molar-refractivity contribution in [1.82, 2.24) is 14.7 Å². The lowest BCUT2D eigenvalue weighted by atomic mass is 10.1. The van der Waals surface area contributed by atoms with Crippen LogP contribution in [0.4, 0.5) is 0 Å². The van der Waals surface area contributed by atoms with E-state index in [-0.39, 0.29) is 18.1 Å². The van der Waals surface area contributed by atoms with E-state index in [9.17, 15) is 0 Å². The highest BCUT2D eigenvalue weighted by Crippen LogP contribution is 2.55. The van der Waals surface area contributed by atoms with Gasteiger partial charge < -0.3 is 28.3 Å². The number of fused-ring (bicyclic) bond motifs is 3. The molecule has 0 N–H and O–H groups in total. The van der Waals surface area contributed by atoms with Crippen molar-refractivity contribution in [3.63, 3.8) is 0 Å². The van der Waals surface area contributed by atoms with Crippen molar-refractivity contribution in [2.75, 3.05) is 42.3 Å². The number of hydrogen-bond donors (Lipinski definition) is 0. The van der Waals surface area contributed by atoms with Crippen molar-refractivity contribution in [2.45, 2.75) is 38.9 Å². The Morgan fingerprint density at radius 3 is 1.04 bits per heavy atom. The first-order valence-electron chi connectivity index (χ1n) is 15.6. The molecule has 0 spiro atoms. The second-order valence-corrected chi connectivity index (χ2v) is 16.8. The van der Waals surface area contributed by atoms with Gasteiger partial charge in [-0.15, -0.1) is 34.0 Å². The van der Waals surface area contributed by atoms with E-state index in [4.69, 9.17) is 13.6 Å². The maximum Gasteiger partial charge on any atom is 0.647 e. The monoisotopic (exact) mass is 707 g/mol. The molecule has 6 rings (SSSR count). The highest BCUT2D eigenvalue weighted by molar-refractivity contribution is 7.49. The highest BCUT2D eigenvalue weighted by atomic mass is 32.1. The van der Waals surface area contributed by atoms with Gasteiger partial charge in [-0.05, 0) is 132 Å². The summed E-state index contributed by atoms with van der Waals surface area (Å²) in [7, 11) is 7.94. The Balaban J connectivity index is 1.52. The molecule has 3 unspecified atom stereocenters. The zero-order valence-corrected chi connectivity index (χ0v) is 31.7. The minimum Gasteiger partial charge on any atom is -0.385 e. The van der Waals surface area contributed by atoms with Crippen molar-refractivity contribution in [3.05, 3.63) is 87.4 Å². The molecule has 0 radical (unpaired) electrons. The van der Waals surface area contributed by atoms with Gasteiger partial charge in [-0.2, -0.15) is 4.57 Å². The fraction of sp³-hybridized carbons (Fsp3) is 0.333. The van der Waals surface area contributed by atoms with Crippen LogP contribution in [-0.4, -0.2) is 57.0 Å². The molecule has 3 aromatic heterocycles. The van der Waals surface area contributed by atoms with Gasteiger partial charge in [0.25, 0.3) is 0 Å². The Kier molecular flexibility index (Phi) is 9.76. The maximum atomic E-state index is 15.4. The van der Waals surface area contributed by atoms with Gasteiger partial charge in [-0.3, -0.25) is 0 Å². The minimum absolute atomic E-state index is 0.110. The number of benzene rings is 3. The third kappa shape index (κ3) is 6.57. The first kappa shape index (κ1) is 33.9. The standard InChI is InChI=1S/C36H42N3O4PS3/c1-22(37(4)5)25-19-45-31-16-10-13-28(34(25)31)41-44(40,42-29-14-11-17-32-35(29)26(20-46-32)23(2)38(6)7)43-30-15-12-18-33-36(30)27(21-47-33)24(3)39(8)9/h10-24H,1-9H3. The molecular weight excluding hydrogens is 666 g/mol. The zero-order chi connectivity index (χ0) is 33.6. The highest BCUT2D eigenvalue weighted by Gasteiger charge is 2.37. The summed E-state index contributed by atoms with van der Waals surface area (Å²) in [6, 6.07) is 17.9. The van der Waals surface area contributed by atoms with E-state index in [1.165, 1.54) is 0 Å². The molecule has 47 heavy (non-hydrogen) atoms. The van der Waals surface area contributed by atoms with Crippen molar-refractivity contribution in [1.29, 1.82) is 0 Å². The molecule has 0 aliphatic rings. The Bertz CT molecular complexity index is 1850. The molecule has 3 aromatic carbocycles. The van der Waals surface area contributed by atoms with Gasteiger partial charge in [0.2, 0.25) is 0 Å². The van der Waals surface area contributed by atoms with Crippen LogP contribution < -0.4 is 13.6 Å². The molecule has 0 saturated heterocycles. The van der Waals surface area contributed by atoms with E-state index in [2.05, 4.69) is 112 Å². The topological polar surface area (TPSA) is 54.5 Å². The van der Waals surface area contributed by atoms with Crippen molar-refractivity contribution < 1.29 is 18.1 Å². The van der Waals surface area contributed by atoms with Gasteiger partial charge in [0.05, 0.1) is 0 Å². The molecule has 0 bridgehead atoms. The van der Waals surface area contributed by atoms with E-state index in [1.54, 1.807) is 34.0 Å². The average molecular weight is 708 g/mol. The second kappa shape index (κ2) is 13.5. The number of rotatable bonds is 12. The van der Waals surface area contributed by atoms with Crippen LogP contribution in [0.25, 0.3) is 30.3 Å². The van der Waals surface area contributed by atoms with E-state index < -0.39 is 7.82 Å². The third-order valence-corrected chi connectivity index (χ3v) is 13.2. The van der Waals surface area contributed by atoms with Crippen LogP contribution in [0, 0.1) is 0 Å². The van der Waals surface area contributed by atoms with Gasteiger partial charge in [-0.25, -0.2) is 0 Å².